The first-order valence-electron chi connectivity index (χ1n) is 10.2. The molecule has 0 saturated carbocycles. The largest absolute Gasteiger partial charge is 0.493 e. The van der Waals surface area contributed by atoms with Crippen molar-refractivity contribution in [3.05, 3.63) is 105 Å². The van der Waals surface area contributed by atoms with Crippen LogP contribution in [0.15, 0.2) is 78.9 Å². The standard InChI is InChI=1S/C28H22INO2/c1-19-7-9-20(10-8-19)18-32-28-26(29)14-21(15-27(28)31-2)13-25(17-30)24-12-11-22-5-3-4-6-23(22)16-24/h3-16H,18H2,1-2H3/b25-13-. The summed E-state index contributed by atoms with van der Waals surface area (Å²) in [7, 11) is 1.63. The van der Waals surface area contributed by atoms with Crippen LogP contribution in [-0.4, -0.2) is 7.11 Å². The van der Waals surface area contributed by atoms with E-state index in [0.29, 0.717) is 23.7 Å². The lowest BCUT2D eigenvalue weighted by Gasteiger charge is -2.14. The topological polar surface area (TPSA) is 42.2 Å². The van der Waals surface area contributed by atoms with Crippen molar-refractivity contribution in [3.63, 3.8) is 0 Å². The molecule has 0 aliphatic rings. The van der Waals surface area contributed by atoms with Crippen molar-refractivity contribution >= 4 is 45.0 Å². The van der Waals surface area contributed by atoms with Gasteiger partial charge in [-0.15, -0.1) is 0 Å². The molecule has 0 fully saturated rings. The Morgan fingerprint density at radius 2 is 1.72 bits per heavy atom. The second kappa shape index (κ2) is 9.88. The van der Waals surface area contributed by atoms with Crippen LogP contribution in [0.2, 0.25) is 0 Å². The van der Waals surface area contributed by atoms with E-state index in [1.165, 1.54) is 5.56 Å². The Morgan fingerprint density at radius 3 is 2.44 bits per heavy atom. The van der Waals surface area contributed by atoms with Gasteiger partial charge in [0.15, 0.2) is 11.5 Å². The fourth-order valence-electron chi connectivity index (χ4n) is 3.51. The zero-order valence-corrected chi connectivity index (χ0v) is 20.1. The number of fused-ring (bicyclic) bond motifs is 1. The van der Waals surface area contributed by atoms with Crippen LogP contribution in [0.25, 0.3) is 22.4 Å². The summed E-state index contributed by atoms with van der Waals surface area (Å²) in [5.41, 5.74) is 4.69. The minimum absolute atomic E-state index is 0.461. The van der Waals surface area contributed by atoms with Gasteiger partial charge in [0.05, 0.1) is 22.3 Å². The van der Waals surface area contributed by atoms with Crippen LogP contribution in [0.5, 0.6) is 11.5 Å². The highest BCUT2D eigenvalue weighted by Gasteiger charge is 2.12. The minimum Gasteiger partial charge on any atom is -0.493 e. The molecule has 158 valence electrons. The van der Waals surface area contributed by atoms with Crippen LogP contribution in [0, 0.1) is 21.8 Å². The smallest absolute Gasteiger partial charge is 0.174 e. The van der Waals surface area contributed by atoms with Gasteiger partial charge in [0.2, 0.25) is 0 Å². The Labute approximate surface area is 202 Å². The molecule has 4 rings (SSSR count). The summed E-state index contributed by atoms with van der Waals surface area (Å²) in [6.07, 6.45) is 1.89. The highest BCUT2D eigenvalue weighted by Crippen LogP contribution is 2.36. The number of hydrogen-bond donors (Lipinski definition) is 0. The quantitative estimate of drug-likeness (QED) is 0.148. The molecule has 0 radical (unpaired) electrons. The number of rotatable bonds is 6. The van der Waals surface area contributed by atoms with Crippen LogP contribution in [-0.2, 0) is 6.61 Å². The van der Waals surface area contributed by atoms with E-state index in [-0.39, 0.29) is 0 Å². The Morgan fingerprint density at radius 1 is 0.969 bits per heavy atom. The number of aryl methyl sites for hydroxylation is 1. The molecule has 0 unspecified atom stereocenters. The van der Waals surface area contributed by atoms with E-state index in [2.05, 4.69) is 72.0 Å². The van der Waals surface area contributed by atoms with Crippen molar-refractivity contribution < 1.29 is 9.47 Å². The van der Waals surface area contributed by atoms with Gasteiger partial charge in [0, 0.05) is 0 Å². The number of hydrogen-bond acceptors (Lipinski definition) is 3. The van der Waals surface area contributed by atoms with Gasteiger partial charge in [-0.1, -0.05) is 66.2 Å². The molecule has 0 spiro atoms. The third kappa shape index (κ3) is 4.95. The van der Waals surface area contributed by atoms with Gasteiger partial charge in [-0.2, -0.15) is 5.26 Å². The molecule has 4 aromatic rings. The number of benzene rings is 4. The number of halogens is 1. The number of methoxy groups -OCH3 is 1. The molecular weight excluding hydrogens is 509 g/mol. The lowest BCUT2D eigenvalue weighted by Crippen LogP contribution is -2.00. The molecule has 3 nitrogen and oxygen atoms in total. The SMILES string of the molecule is COc1cc(/C=C(/C#N)c2ccc3ccccc3c2)cc(I)c1OCc1ccc(C)cc1. The van der Waals surface area contributed by atoms with Crippen molar-refractivity contribution in [1.82, 2.24) is 0 Å². The van der Waals surface area contributed by atoms with Crippen LogP contribution >= 0.6 is 22.6 Å². The second-order valence-corrected chi connectivity index (χ2v) is 8.70. The molecule has 0 heterocycles. The van der Waals surface area contributed by atoms with Gasteiger partial charge in [-0.25, -0.2) is 0 Å². The Bertz CT molecular complexity index is 1330. The van der Waals surface area contributed by atoms with E-state index in [0.717, 1.165) is 31.0 Å². The summed E-state index contributed by atoms with van der Waals surface area (Å²) in [6, 6.07) is 28.7. The van der Waals surface area contributed by atoms with Crippen LogP contribution < -0.4 is 9.47 Å². The fourth-order valence-corrected chi connectivity index (χ4v) is 4.29. The third-order valence-corrected chi connectivity index (χ3v) is 6.05. The average molecular weight is 531 g/mol. The third-order valence-electron chi connectivity index (χ3n) is 5.25. The summed E-state index contributed by atoms with van der Waals surface area (Å²) in [6.45, 7) is 2.53. The molecular formula is C28H22INO2. The highest BCUT2D eigenvalue weighted by atomic mass is 127. The first kappa shape index (κ1) is 21.9. The first-order valence-corrected chi connectivity index (χ1v) is 11.3. The molecule has 0 bridgehead atoms. The molecule has 0 saturated heterocycles. The van der Waals surface area contributed by atoms with Gasteiger partial charge in [0.25, 0.3) is 0 Å². The van der Waals surface area contributed by atoms with Crippen LogP contribution in [0.1, 0.15) is 22.3 Å². The van der Waals surface area contributed by atoms with Gasteiger partial charge in [0.1, 0.15) is 6.61 Å². The Balaban J connectivity index is 1.63. The lowest BCUT2D eigenvalue weighted by molar-refractivity contribution is 0.282. The lowest BCUT2D eigenvalue weighted by atomic mass is 10.00. The maximum atomic E-state index is 9.82. The highest BCUT2D eigenvalue weighted by molar-refractivity contribution is 14.1. The average Bonchev–Trinajstić information content (AvgIpc) is 2.82. The minimum atomic E-state index is 0.461. The molecule has 0 aromatic heterocycles. The normalized spacial score (nSPS) is 11.2. The van der Waals surface area contributed by atoms with E-state index < -0.39 is 0 Å². The number of allylic oxidation sites excluding steroid dienone is 1. The molecule has 0 N–H and O–H groups in total. The molecule has 32 heavy (non-hydrogen) atoms. The first-order chi connectivity index (χ1) is 15.6. The van der Waals surface area contributed by atoms with Gasteiger partial charge in [-0.3, -0.25) is 0 Å². The zero-order valence-electron chi connectivity index (χ0n) is 17.9. The predicted octanol–water partition coefficient (Wildman–Crippen LogP) is 7.40. The van der Waals surface area contributed by atoms with E-state index in [9.17, 15) is 5.26 Å². The van der Waals surface area contributed by atoms with Crippen molar-refractivity contribution in [2.75, 3.05) is 7.11 Å². The maximum absolute atomic E-state index is 9.82. The van der Waals surface area contributed by atoms with Gasteiger partial charge in [-0.05, 0) is 81.3 Å². The predicted molar refractivity (Wildman–Crippen MR) is 139 cm³/mol. The second-order valence-electron chi connectivity index (χ2n) is 7.54. The molecule has 4 aromatic carbocycles. The number of nitriles is 1. The van der Waals surface area contributed by atoms with E-state index in [1.807, 2.05) is 48.5 Å². The monoisotopic (exact) mass is 531 g/mol. The Hall–Kier alpha value is -3.30. The molecule has 4 heteroatoms. The van der Waals surface area contributed by atoms with Crippen LogP contribution in [0.4, 0.5) is 0 Å². The van der Waals surface area contributed by atoms with E-state index >= 15 is 0 Å². The van der Waals surface area contributed by atoms with Gasteiger partial charge >= 0.3 is 0 Å². The summed E-state index contributed by atoms with van der Waals surface area (Å²) in [4.78, 5) is 0. The number of nitrogens with zero attached hydrogens (tertiary/aromatic N) is 1. The molecule has 0 atom stereocenters. The van der Waals surface area contributed by atoms with Crippen molar-refractivity contribution in [2.24, 2.45) is 0 Å². The zero-order chi connectivity index (χ0) is 22.5. The van der Waals surface area contributed by atoms with Crippen molar-refractivity contribution in [1.29, 1.82) is 5.26 Å². The van der Waals surface area contributed by atoms with Crippen molar-refractivity contribution in [3.8, 4) is 17.6 Å². The molecule has 0 aliphatic heterocycles. The van der Waals surface area contributed by atoms with Gasteiger partial charge < -0.3 is 9.47 Å². The summed E-state index contributed by atoms with van der Waals surface area (Å²) in [5.74, 6) is 1.35. The van der Waals surface area contributed by atoms with Crippen LogP contribution in [0.3, 0.4) is 0 Å². The van der Waals surface area contributed by atoms with E-state index in [1.54, 1.807) is 7.11 Å². The van der Waals surface area contributed by atoms with E-state index in [4.69, 9.17) is 9.47 Å². The maximum Gasteiger partial charge on any atom is 0.174 e. The summed E-state index contributed by atoms with van der Waals surface area (Å²) >= 11 is 2.25. The number of ether oxygens (including phenoxy) is 2. The molecule has 0 aliphatic carbocycles. The summed E-state index contributed by atoms with van der Waals surface area (Å²) < 4.78 is 12.6. The Kier molecular flexibility index (Phi) is 6.77. The fraction of sp³-hybridized carbons (Fsp3) is 0.107. The summed E-state index contributed by atoms with van der Waals surface area (Å²) in [5, 5.41) is 12.1. The van der Waals surface area contributed by atoms with Crippen molar-refractivity contribution in [2.45, 2.75) is 13.5 Å². The molecule has 0 amide bonds.